The van der Waals surface area contributed by atoms with Crippen molar-refractivity contribution >= 4 is 26.0 Å². The van der Waals surface area contributed by atoms with Crippen LogP contribution in [0.2, 0.25) is 0 Å². The highest BCUT2D eigenvalue weighted by molar-refractivity contribution is 9.09. The first kappa shape index (κ1) is 16.2. The molecule has 0 amide bonds. The normalized spacial score (nSPS) is 13.0. The van der Waals surface area contributed by atoms with Crippen molar-refractivity contribution in [1.29, 1.82) is 0 Å². The molecule has 1 N–H and O–H groups in total. The second-order valence-electron chi connectivity index (χ2n) is 4.80. The standard InChI is InChI=1S/C16H18BrNO2S/c17-12-11-15(13-14-7-3-1-4-8-14)18-21(19,20)16-9-5-2-6-10-16/h1-10,15,18H,11-13H2/t15-/m0/s1. The largest absolute Gasteiger partial charge is 0.240 e. The third-order valence-corrected chi connectivity index (χ3v) is 5.15. The predicted molar refractivity (Wildman–Crippen MR) is 89.1 cm³/mol. The monoisotopic (exact) mass is 367 g/mol. The summed E-state index contributed by atoms with van der Waals surface area (Å²) in [6, 6.07) is 18.3. The molecule has 2 aromatic rings. The fourth-order valence-corrected chi connectivity index (χ4v) is 3.96. The Morgan fingerprint density at radius 3 is 2.10 bits per heavy atom. The van der Waals surface area contributed by atoms with Gasteiger partial charge in [0.15, 0.2) is 0 Å². The van der Waals surface area contributed by atoms with E-state index in [0.29, 0.717) is 11.3 Å². The second-order valence-corrected chi connectivity index (χ2v) is 7.31. The number of benzene rings is 2. The summed E-state index contributed by atoms with van der Waals surface area (Å²) in [6.07, 6.45) is 1.42. The summed E-state index contributed by atoms with van der Waals surface area (Å²) in [5.41, 5.74) is 1.12. The minimum Gasteiger partial charge on any atom is -0.208 e. The molecule has 21 heavy (non-hydrogen) atoms. The highest BCUT2D eigenvalue weighted by Crippen LogP contribution is 2.13. The van der Waals surface area contributed by atoms with Gasteiger partial charge in [0.05, 0.1) is 4.90 Å². The van der Waals surface area contributed by atoms with Crippen LogP contribution in [-0.2, 0) is 16.4 Å². The Morgan fingerprint density at radius 1 is 0.952 bits per heavy atom. The van der Waals surface area contributed by atoms with Gasteiger partial charge in [0.25, 0.3) is 0 Å². The second kappa shape index (κ2) is 7.73. The molecule has 5 heteroatoms. The topological polar surface area (TPSA) is 46.2 Å². The van der Waals surface area contributed by atoms with E-state index in [-0.39, 0.29) is 6.04 Å². The number of alkyl halides is 1. The van der Waals surface area contributed by atoms with Crippen molar-refractivity contribution in [2.24, 2.45) is 0 Å². The van der Waals surface area contributed by atoms with Crippen molar-refractivity contribution in [2.75, 3.05) is 5.33 Å². The molecule has 0 fully saturated rings. The minimum absolute atomic E-state index is 0.128. The first-order chi connectivity index (χ1) is 10.1. The van der Waals surface area contributed by atoms with Gasteiger partial charge in [-0.2, -0.15) is 0 Å². The molecule has 1 atom stereocenters. The molecule has 0 aliphatic heterocycles. The van der Waals surface area contributed by atoms with Crippen LogP contribution in [0.15, 0.2) is 65.6 Å². The SMILES string of the molecule is O=S(=O)(N[C@@H](CCBr)Cc1ccccc1)c1ccccc1. The molecule has 0 aliphatic rings. The van der Waals surface area contributed by atoms with Crippen LogP contribution >= 0.6 is 15.9 Å². The highest BCUT2D eigenvalue weighted by atomic mass is 79.9. The summed E-state index contributed by atoms with van der Waals surface area (Å²) in [5, 5.41) is 0.752. The van der Waals surface area contributed by atoms with E-state index >= 15 is 0 Å². The molecule has 0 bridgehead atoms. The number of rotatable bonds is 7. The minimum atomic E-state index is -3.47. The Labute approximate surface area is 134 Å². The van der Waals surface area contributed by atoms with E-state index in [1.807, 2.05) is 30.3 Å². The highest BCUT2D eigenvalue weighted by Gasteiger charge is 2.19. The van der Waals surface area contributed by atoms with Gasteiger partial charge in [0.2, 0.25) is 10.0 Å². The Bertz CT molecular complexity index is 644. The maximum Gasteiger partial charge on any atom is 0.240 e. The molecule has 0 spiro atoms. The molecular formula is C16H18BrNO2S. The molecule has 0 saturated heterocycles. The summed E-state index contributed by atoms with van der Waals surface area (Å²) in [7, 11) is -3.47. The van der Waals surface area contributed by atoms with Crippen molar-refractivity contribution in [3.63, 3.8) is 0 Å². The lowest BCUT2D eigenvalue weighted by atomic mass is 10.1. The van der Waals surface area contributed by atoms with E-state index < -0.39 is 10.0 Å². The predicted octanol–water partition coefficient (Wildman–Crippen LogP) is 3.36. The molecule has 0 saturated carbocycles. The summed E-state index contributed by atoms with van der Waals surface area (Å²) >= 11 is 3.39. The fourth-order valence-electron chi connectivity index (χ4n) is 2.12. The van der Waals surface area contributed by atoms with Crippen LogP contribution in [0.3, 0.4) is 0 Å². The molecule has 0 heterocycles. The Morgan fingerprint density at radius 2 is 1.52 bits per heavy atom. The van der Waals surface area contributed by atoms with E-state index in [2.05, 4.69) is 20.7 Å². The van der Waals surface area contributed by atoms with Crippen LogP contribution in [0.4, 0.5) is 0 Å². The lowest BCUT2D eigenvalue weighted by molar-refractivity contribution is 0.539. The zero-order valence-electron chi connectivity index (χ0n) is 11.6. The Kier molecular flexibility index (Phi) is 5.96. The van der Waals surface area contributed by atoms with Crippen LogP contribution in [0.1, 0.15) is 12.0 Å². The maximum absolute atomic E-state index is 12.4. The summed E-state index contributed by atoms with van der Waals surface area (Å²) in [4.78, 5) is 0.303. The molecule has 112 valence electrons. The molecule has 2 aromatic carbocycles. The third kappa shape index (κ3) is 4.95. The summed E-state index contributed by atoms with van der Waals surface area (Å²) in [6.45, 7) is 0. The number of halogens is 1. The van der Waals surface area contributed by atoms with Crippen molar-refractivity contribution in [3.05, 3.63) is 66.2 Å². The van der Waals surface area contributed by atoms with Crippen LogP contribution in [-0.4, -0.2) is 19.8 Å². The number of nitrogens with one attached hydrogen (secondary N) is 1. The summed E-state index contributed by atoms with van der Waals surface area (Å²) in [5.74, 6) is 0. The van der Waals surface area contributed by atoms with Crippen LogP contribution < -0.4 is 4.72 Å². The van der Waals surface area contributed by atoms with Crippen molar-refractivity contribution in [2.45, 2.75) is 23.8 Å². The molecule has 0 unspecified atom stereocenters. The smallest absolute Gasteiger partial charge is 0.208 e. The molecule has 3 nitrogen and oxygen atoms in total. The van der Waals surface area contributed by atoms with Crippen molar-refractivity contribution in [1.82, 2.24) is 4.72 Å². The van der Waals surface area contributed by atoms with E-state index in [1.54, 1.807) is 30.3 Å². The van der Waals surface area contributed by atoms with Gasteiger partial charge in [-0.05, 0) is 30.5 Å². The van der Waals surface area contributed by atoms with Crippen LogP contribution in [0, 0.1) is 0 Å². The Hall–Kier alpha value is -1.17. The van der Waals surface area contributed by atoms with Gasteiger partial charge >= 0.3 is 0 Å². The first-order valence-corrected chi connectivity index (χ1v) is 9.39. The number of sulfonamides is 1. The average molecular weight is 368 g/mol. The number of hydrogen-bond donors (Lipinski definition) is 1. The van der Waals surface area contributed by atoms with E-state index in [4.69, 9.17) is 0 Å². The molecule has 0 aliphatic carbocycles. The van der Waals surface area contributed by atoms with E-state index in [0.717, 1.165) is 17.3 Å². The number of hydrogen-bond acceptors (Lipinski definition) is 2. The van der Waals surface area contributed by atoms with Gasteiger partial charge in [-0.1, -0.05) is 64.5 Å². The van der Waals surface area contributed by atoms with E-state index in [1.165, 1.54) is 0 Å². The average Bonchev–Trinajstić information content (AvgIpc) is 2.49. The quantitative estimate of drug-likeness (QED) is 0.762. The third-order valence-electron chi connectivity index (χ3n) is 3.16. The van der Waals surface area contributed by atoms with Crippen molar-refractivity contribution < 1.29 is 8.42 Å². The Balaban J connectivity index is 2.12. The molecule has 0 aromatic heterocycles. The van der Waals surface area contributed by atoms with Crippen molar-refractivity contribution in [3.8, 4) is 0 Å². The van der Waals surface area contributed by atoms with Gasteiger partial charge in [-0.15, -0.1) is 0 Å². The van der Waals surface area contributed by atoms with Gasteiger partial charge in [-0.25, -0.2) is 13.1 Å². The van der Waals surface area contributed by atoms with Crippen LogP contribution in [0.25, 0.3) is 0 Å². The van der Waals surface area contributed by atoms with Gasteiger partial charge in [0, 0.05) is 11.4 Å². The lowest BCUT2D eigenvalue weighted by Crippen LogP contribution is -2.36. The molecular weight excluding hydrogens is 350 g/mol. The lowest BCUT2D eigenvalue weighted by Gasteiger charge is -2.18. The van der Waals surface area contributed by atoms with Gasteiger partial charge in [0.1, 0.15) is 0 Å². The van der Waals surface area contributed by atoms with Crippen LogP contribution in [0.5, 0.6) is 0 Å². The first-order valence-electron chi connectivity index (χ1n) is 6.79. The van der Waals surface area contributed by atoms with Gasteiger partial charge in [-0.3, -0.25) is 0 Å². The maximum atomic E-state index is 12.4. The van der Waals surface area contributed by atoms with E-state index in [9.17, 15) is 8.42 Å². The summed E-state index contributed by atoms with van der Waals surface area (Å²) < 4.78 is 27.6. The van der Waals surface area contributed by atoms with Gasteiger partial charge < -0.3 is 0 Å². The zero-order valence-corrected chi connectivity index (χ0v) is 14.0. The molecule has 2 rings (SSSR count). The molecule has 0 radical (unpaired) electrons. The zero-order chi connectivity index (χ0) is 15.1. The fraction of sp³-hybridized carbons (Fsp3) is 0.250.